The highest BCUT2D eigenvalue weighted by Gasteiger charge is 2.29. The van der Waals surface area contributed by atoms with E-state index in [1.54, 1.807) is 0 Å². The Morgan fingerprint density at radius 3 is 2.73 bits per heavy atom. The molecule has 1 amide bonds. The molecule has 0 aliphatic carbocycles. The third-order valence-corrected chi connectivity index (χ3v) is 5.46. The molecule has 2 aliphatic heterocycles. The first-order chi connectivity index (χ1) is 12.7. The van der Waals surface area contributed by atoms with Gasteiger partial charge in [0.05, 0.1) is 12.6 Å². The summed E-state index contributed by atoms with van der Waals surface area (Å²) in [5.74, 6) is 0.663. The number of benzene rings is 1. The van der Waals surface area contributed by atoms with E-state index >= 15 is 0 Å². The number of piperidine rings is 1. The van der Waals surface area contributed by atoms with Gasteiger partial charge in [0.2, 0.25) is 5.91 Å². The predicted molar refractivity (Wildman–Crippen MR) is 102 cm³/mol. The standard InChI is InChI=1S/C21H32N2O3/c1-2-26-20-16-25-13-10-19(20)22-21(24)14-17-8-11-23(12-9-17)15-18-6-4-3-5-7-18/h3-7,17,19-20H,2,8-16H2,1H3,(H,22,24)/t19-,20-/m1/s1. The minimum atomic E-state index is -0.00887. The van der Waals surface area contributed by atoms with E-state index in [1.807, 2.05) is 6.92 Å². The highest BCUT2D eigenvalue weighted by Crippen LogP contribution is 2.22. The zero-order chi connectivity index (χ0) is 18.2. The SMILES string of the molecule is CCO[C@@H]1COCC[C@H]1NC(=O)CC1CCN(Cc2ccccc2)CC1. The molecule has 1 aromatic rings. The van der Waals surface area contributed by atoms with Crippen LogP contribution in [0.5, 0.6) is 0 Å². The number of likely N-dealkylation sites (tertiary alicyclic amines) is 1. The molecule has 2 aliphatic rings. The van der Waals surface area contributed by atoms with Crippen molar-refractivity contribution < 1.29 is 14.3 Å². The van der Waals surface area contributed by atoms with Gasteiger partial charge in [-0.05, 0) is 50.8 Å². The maximum atomic E-state index is 12.5. The van der Waals surface area contributed by atoms with Gasteiger partial charge in [-0.2, -0.15) is 0 Å². The Bertz CT molecular complexity index is 541. The van der Waals surface area contributed by atoms with E-state index in [1.165, 1.54) is 5.56 Å². The number of carbonyl (C=O) groups excluding carboxylic acids is 1. The van der Waals surface area contributed by atoms with Crippen molar-refractivity contribution in [2.45, 2.75) is 51.3 Å². The Balaban J connectivity index is 1.39. The van der Waals surface area contributed by atoms with Gasteiger partial charge in [0.1, 0.15) is 6.10 Å². The molecule has 0 spiro atoms. The molecular formula is C21H32N2O3. The van der Waals surface area contributed by atoms with E-state index in [2.05, 4.69) is 40.5 Å². The average molecular weight is 360 g/mol. The fraction of sp³-hybridized carbons (Fsp3) is 0.667. The first-order valence-corrected chi connectivity index (χ1v) is 9.99. The maximum absolute atomic E-state index is 12.5. The molecule has 0 saturated carbocycles. The molecule has 26 heavy (non-hydrogen) atoms. The Labute approximate surface area is 157 Å². The van der Waals surface area contributed by atoms with Crippen LogP contribution < -0.4 is 5.32 Å². The van der Waals surface area contributed by atoms with Gasteiger partial charge in [0.25, 0.3) is 0 Å². The van der Waals surface area contributed by atoms with Crippen LogP contribution in [0.2, 0.25) is 0 Å². The summed E-state index contributed by atoms with van der Waals surface area (Å²) >= 11 is 0. The van der Waals surface area contributed by atoms with Crippen LogP contribution in [0.15, 0.2) is 30.3 Å². The lowest BCUT2D eigenvalue weighted by Gasteiger charge is -2.34. The van der Waals surface area contributed by atoms with Crippen molar-refractivity contribution in [1.82, 2.24) is 10.2 Å². The second-order valence-electron chi connectivity index (χ2n) is 7.44. The van der Waals surface area contributed by atoms with Gasteiger partial charge in [0.15, 0.2) is 0 Å². The zero-order valence-electron chi connectivity index (χ0n) is 15.9. The van der Waals surface area contributed by atoms with Crippen LogP contribution in [0.4, 0.5) is 0 Å². The summed E-state index contributed by atoms with van der Waals surface area (Å²) in [5, 5.41) is 3.19. The lowest BCUT2D eigenvalue weighted by Crippen LogP contribution is -2.50. The lowest BCUT2D eigenvalue weighted by molar-refractivity contribution is -0.127. The minimum absolute atomic E-state index is 0.00887. The van der Waals surface area contributed by atoms with Crippen molar-refractivity contribution in [3.63, 3.8) is 0 Å². The van der Waals surface area contributed by atoms with Gasteiger partial charge in [-0.1, -0.05) is 30.3 Å². The van der Waals surface area contributed by atoms with Crippen LogP contribution in [0.25, 0.3) is 0 Å². The van der Waals surface area contributed by atoms with E-state index in [-0.39, 0.29) is 18.1 Å². The lowest BCUT2D eigenvalue weighted by atomic mass is 9.92. The molecule has 0 bridgehead atoms. The highest BCUT2D eigenvalue weighted by atomic mass is 16.5. The Kier molecular flexibility index (Phi) is 7.47. The summed E-state index contributed by atoms with van der Waals surface area (Å²) in [6, 6.07) is 10.7. The van der Waals surface area contributed by atoms with E-state index in [9.17, 15) is 4.79 Å². The molecule has 0 aromatic heterocycles. The average Bonchev–Trinajstić information content (AvgIpc) is 2.66. The monoisotopic (exact) mass is 360 g/mol. The largest absolute Gasteiger partial charge is 0.379 e. The van der Waals surface area contributed by atoms with Gasteiger partial charge in [-0.25, -0.2) is 0 Å². The predicted octanol–water partition coefficient (Wildman–Crippen LogP) is 2.60. The Hall–Kier alpha value is -1.43. The number of amides is 1. The fourth-order valence-electron chi connectivity index (χ4n) is 3.97. The van der Waals surface area contributed by atoms with Gasteiger partial charge in [-0.3, -0.25) is 9.69 Å². The van der Waals surface area contributed by atoms with E-state index < -0.39 is 0 Å². The molecule has 2 heterocycles. The van der Waals surface area contributed by atoms with Crippen LogP contribution >= 0.6 is 0 Å². The van der Waals surface area contributed by atoms with Crippen molar-refractivity contribution in [1.29, 1.82) is 0 Å². The minimum Gasteiger partial charge on any atom is -0.379 e. The second-order valence-corrected chi connectivity index (χ2v) is 7.44. The van der Waals surface area contributed by atoms with Crippen LogP contribution in [0.1, 0.15) is 38.2 Å². The molecular weight excluding hydrogens is 328 g/mol. The van der Waals surface area contributed by atoms with Crippen molar-refractivity contribution in [2.75, 3.05) is 32.9 Å². The molecule has 3 rings (SSSR count). The third kappa shape index (κ3) is 5.79. The van der Waals surface area contributed by atoms with Gasteiger partial charge < -0.3 is 14.8 Å². The number of nitrogens with one attached hydrogen (secondary N) is 1. The Morgan fingerprint density at radius 2 is 2.00 bits per heavy atom. The molecule has 0 radical (unpaired) electrons. The van der Waals surface area contributed by atoms with Crippen molar-refractivity contribution in [2.24, 2.45) is 5.92 Å². The summed E-state index contributed by atoms with van der Waals surface area (Å²) in [6.45, 7) is 7.08. The smallest absolute Gasteiger partial charge is 0.220 e. The van der Waals surface area contributed by atoms with Crippen LogP contribution in [-0.2, 0) is 20.8 Å². The molecule has 2 fully saturated rings. The number of ether oxygens (including phenoxy) is 2. The molecule has 144 valence electrons. The third-order valence-electron chi connectivity index (χ3n) is 5.46. The van der Waals surface area contributed by atoms with Gasteiger partial charge >= 0.3 is 0 Å². The van der Waals surface area contributed by atoms with E-state index in [0.717, 1.165) is 38.9 Å². The molecule has 0 unspecified atom stereocenters. The number of carbonyl (C=O) groups is 1. The summed E-state index contributed by atoms with van der Waals surface area (Å²) in [4.78, 5) is 15.0. The molecule has 1 N–H and O–H groups in total. The topological polar surface area (TPSA) is 50.8 Å². The van der Waals surface area contributed by atoms with Crippen LogP contribution in [0.3, 0.4) is 0 Å². The number of nitrogens with zero attached hydrogens (tertiary/aromatic N) is 1. The summed E-state index contributed by atoms with van der Waals surface area (Å²) in [6.07, 6.45) is 3.66. The van der Waals surface area contributed by atoms with Gasteiger partial charge in [0, 0.05) is 26.2 Å². The quantitative estimate of drug-likeness (QED) is 0.812. The first kappa shape index (κ1) is 19.3. The fourth-order valence-corrected chi connectivity index (χ4v) is 3.97. The number of hydrogen-bond donors (Lipinski definition) is 1. The normalized spacial score (nSPS) is 25.1. The van der Waals surface area contributed by atoms with Gasteiger partial charge in [-0.15, -0.1) is 0 Å². The van der Waals surface area contributed by atoms with E-state index in [4.69, 9.17) is 9.47 Å². The first-order valence-electron chi connectivity index (χ1n) is 9.99. The Morgan fingerprint density at radius 1 is 1.23 bits per heavy atom. The van der Waals surface area contributed by atoms with Crippen molar-refractivity contribution in [3.05, 3.63) is 35.9 Å². The zero-order valence-corrected chi connectivity index (χ0v) is 15.9. The molecule has 5 nitrogen and oxygen atoms in total. The molecule has 2 atom stereocenters. The number of rotatable bonds is 7. The molecule has 2 saturated heterocycles. The van der Waals surface area contributed by atoms with Crippen molar-refractivity contribution >= 4 is 5.91 Å². The van der Waals surface area contributed by atoms with Crippen LogP contribution in [0, 0.1) is 5.92 Å². The summed E-state index contributed by atoms with van der Waals surface area (Å²) < 4.78 is 11.2. The van der Waals surface area contributed by atoms with Crippen molar-refractivity contribution in [3.8, 4) is 0 Å². The number of hydrogen-bond acceptors (Lipinski definition) is 4. The highest BCUT2D eigenvalue weighted by molar-refractivity contribution is 5.76. The molecule has 5 heteroatoms. The maximum Gasteiger partial charge on any atom is 0.220 e. The van der Waals surface area contributed by atoms with Crippen LogP contribution in [-0.4, -0.2) is 55.9 Å². The van der Waals surface area contributed by atoms with E-state index in [0.29, 0.717) is 32.2 Å². The second kappa shape index (κ2) is 10.0. The summed E-state index contributed by atoms with van der Waals surface area (Å²) in [5.41, 5.74) is 1.37. The molecule has 1 aromatic carbocycles. The summed E-state index contributed by atoms with van der Waals surface area (Å²) in [7, 11) is 0.